The second-order valence-corrected chi connectivity index (χ2v) is 6.52. The Morgan fingerprint density at radius 3 is 2.24 bits per heavy atom. The molecule has 0 saturated heterocycles. The Bertz CT molecular complexity index is 339. The molecule has 0 aromatic rings. The van der Waals surface area contributed by atoms with E-state index in [1.54, 1.807) is 0 Å². The van der Waals surface area contributed by atoms with Gasteiger partial charge in [-0.1, -0.05) is 13.8 Å². The molecule has 0 aliphatic heterocycles. The van der Waals surface area contributed by atoms with Gasteiger partial charge in [0.15, 0.2) is 5.25 Å². The molecular weight excluding hydrogens is 246 g/mol. The van der Waals surface area contributed by atoms with E-state index in [-0.39, 0.29) is 19.1 Å². The minimum absolute atomic E-state index is 0.127. The number of nitrogens with zero attached hydrogens (tertiary/aromatic N) is 1. The summed E-state index contributed by atoms with van der Waals surface area (Å²) in [6.07, 6.45) is 0. The van der Waals surface area contributed by atoms with Gasteiger partial charge in [-0.3, -0.25) is 4.79 Å². The molecule has 1 unspecified atom stereocenters. The van der Waals surface area contributed by atoms with E-state index in [1.807, 2.05) is 13.8 Å². The molecule has 17 heavy (non-hydrogen) atoms. The van der Waals surface area contributed by atoms with Crippen LogP contribution < -0.4 is 0 Å². The predicted octanol–water partition coefficient (Wildman–Crippen LogP) is 0.394. The van der Waals surface area contributed by atoms with Gasteiger partial charge in [-0.25, -0.2) is 8.42 Å². The van der Waals surface area contributed by atoms with Crippen LogP contribution in [0.5, 0.6) is 0 Å². The lowest BCUT2D eigenvalue weighted by atomic mass is 10.2. The highest BCUT2D eigenvalue weighted by molar-refractivity contribution is 7.90. The van der Waals surface area contributed by atoms with Crippen LogP contribution in [0.3, 0.4) is 0 Å². The van der Waals surface area contributed by atoms with Crippen molar-refractivity contribution in [3.05, 3.63) is 0 Å². The van der Waals surface area contributed by atoms with E-state index in [0.29, 0.717) is 6.54 Å². The predicted molar refractivity (Wildman–Crippen MR) is 64.3 cm³/mol. The zero-order valence-electron chi connectivity index (χ0n) is 10.7. The Labute approximate surface area is 103 Å². The average molecular weight is 267 g/mol. The first-order valence-corrected chi connectivity index (χ1v) is 6.94. The zero-order chi connectivity index (χ0) is 13.6. The first-order chi connectivity index (χ1) is 7.73. The fourth-order valence-electron chi connectivity index (χ4n) is 1.27. The molecule has 0 amide bonds. The van der Waals surface area contributed by atoms with Crippen LogP contribution in [0.2, 0.25) is 0 Å². The molecule has 0 radical (unpaired) electrons. The van der Waals surface area contributed by atoms with Crippen molar-refractivity contribution >= 4 is 16.0 Å². The van der Waals surface area contributed by atoms with Gasteiger partial charge in [0.2, 0.25) is 10.0 Å². The van der Waals surface area contributed by atoms with E-state index in [1.165, 1.54) is 18.3 Å². The number of hydrogen-bond donors (Lipinski definition) is 1. The van der Waals surface area contributed by atoms with E-state index in [0.717, 1.165) is 0 Å². The SMILES string of the molecule is COCCN(CC(C)C)S(=O)(=O)C(C)C(=O)O. The highest BCUT2D eigenvalue weighted by atomic mass is 32.2. The van der Waals surface area contributed by atoms with Crippen LogP contribution in [0.4, 0.5) is 0 Å². The van der Waals surface area contributed by atoms with Crippen molar-refractivity contribution in [1.82, 2.24) is 4.31 Å². The highest BCUT2D eigenvalue weighted by Crippen LogP contribution is 2.12. The molecule has 6 nitrogen and oxygen atoms in total. The van der Waals surface area contributed by atoms with Crippen molar-refractivity contribution in [1.29, 1.82) is 0 Å². The van der Waals surface area contributed by atoms with E-state index >= 15 is 0 Å². The maximum atomic E-state index is 12.0. The van der Waals surface area contributed by atoms with Gasteiger partial charge in [0.05, 0.1) is 6.61 Å². The number of rotatable bonds is 8. The molecule has 0 fully saturated rings. The van der Waals surface area contributed by atoms with Crippen LogP contribution in [-0.2, 0) is 19.6 Å². The van der Waals surface area contributed by atoms with Gasteiger partial charge in [-0.05, 0) is 12.8 Å². The number of carboxylic acids is 1. The third-order valence-corrected chi connectivity index (χ3v) is 4.41. The average Bonchev–Trinajstić information content (AvgIpc) is 2.22. The molecule has 0 rings (SSSR count). The second-order valence-electron chi connectivity index (χ2n) is 4.27. The minimum Gasteiger partial charge on any atom is -0.480 e. The highest BCUT2D eigenvalue weighted by Gasteiger charge is 2.33. The van der Waals surface area contributed by atoms with Crippen molar-refractivity contribution in [2.24, 2.45) is 5.92 Å². The van der Waals surface area contributed by atoms with E-state index in [9.17, 15) is 13.2 Å². The Hall–Kier alpha value is -0.660. The summed E-state index contributed by atoms with van der Waals surface area (Å²) < 4.78 is 30.0. The van der Waals surface area contributed by atoms with Crippen LogP contribution in [-0.4, -0.2) is 55.9 Å². The summed E-state index contributed by atoms with van der Waals surface area (Å²) in [7, 11) is -2.34. The van der Waals surface area contributed by atoms with Gasteiger partial charge < -0.3 is 9.84 Å². The summed E-state index contributed by atoms with van der Waals surface area (Å²) in [5.41, 5.74) is 0. The van der Waals surface area contributed by atoms with Gasteiger partial charge in [0, 0.05) is 20.2 Å². The molecule has 102 valence electrons. The third-order valence-electron chi connectivity index (χ3n) is 2.27. The standard InChI is InChI=1S/C10H21NO5S/c1-8(2)7-11(5-6-16-4)17(14,15)9(3)10(12)13/h8-9H,5-7H2,1-4H3,(H,12,13). The summed E-state index contributed by atoms with van der Waals surface area (Å²) in [6, 6.07) is 0. The van der Waals surface area contributed by atoms with Crippen molar-refractivity contribution in [2.75, 3.05) is 26.8 Å². The first-order valence-electron chi connectivity index (χ1n) is 5.44. The maximum absolute atomic E-state index is 12.0. The van der Waals surface area contributed by atoms with Crippen molar-refractivity contribution in [3.8, 4) is 0 Å². The van der Waals surface area contributed by atoms with Gasteiger partial charge in [0.1, 0.15) is 0 Å². The lowest BCUT2D eigenvalue weighted by Crippen LogP contribution is -2.44. The quantitative estimate of drug-likeness (QED) is 0.688. The first kappa shape index (κ1) is 16.3. The summed E-state index contributed by atoms with van der Waals surface area (Å²) in [4.78, 5) is 10.8. The van der Waals surface area contributed by atoms with Gasteiger partial charge >= 0.3 is 5.97 Å². The number of methoxy groups -OCH3 is 1. The number of carboxylic acid groups (broad SMARTS) is 1. The third kappa shape index (κ3) is 5.01. The Kier molecular flexibility index (Phi) is 6.66. The Morgan fingerprint density at radius 1 is 1.35 bits per heavy atom. The van der Waals surface area contributed by atoms with Gasteiger partial charge in [0.25, 0.3) is 0 Å². The Balaban J connectivity index is 4.94. The molecule has 0 aliphatic rings. The van der Waals surface area contributed by atoms with E-state index in [4.69, 9.17) is 9.84 Å². The molecule has 1 atom stereocenters. The fourth-order valence-corrected chi connectivity index (χ4v) is 2.81. The van der Waals surface area contributed by atoms with Gasteiger partial charge in [-0.15, -0.1) is 0 Å². The monoisotopic (exact) mass is 267 g/mol. The zero-order valence-corrected chi connectivity index (χ0v) is 11.5. The molecule has 0 heterocycles. The second kappa shape index (κ2) is 6.93. The lowest BCUT2D eigenvalue weighted by Gasteiger charge is -2.25. The summed E-state index contributed by atoms with van der Waals surface area (Å²) in [5, 5.41) is 7.36. The maximum Gasteiger partial charge on any atom is 0.323 e. The Morgan fingerprint density at radius 2 is 1.88 bits per heavy atom. The normalized spacial score (nSPS) is 14.2. The molecule has 0 aliphatic carbocycles. The summed E-state index contributed by atoms with van der Waals surface area (Å²) in [6.45, 7) is 5.65. The van der Waals surface area contributed by atoms with Crippen LogP contribution in [0.15, 0.2) is 0 Å². The number of ether oxygens (including phenoxy) is 1. The molecule has 0 bridgehead atoms. The number of sulfonamides is 1. The molecule has 7 heteroatoms. The molecule has 1 N–H and O–H groups in total. The van der Waals surface area contributed by atoms with Crippen LogP contribution >= 0.6 is 0 Å². The van der Waals surface area contributed by atoms with Crippen molar-refractivity contribution in [2.45, 2.75) is 26.0 Å². The number of hydrogen-bond acceptors (Lipinski definition) is 4. The molecule has 0 aromatic carbocycles. The topological polar surface area (TPSA) is 83.9 Å². The number of aliphatic carboxylic acids is 1. The lowest BCUT2D eigenvalue weighted by molar-refractivity contribution is -0.136. The molecule has 0 aromatic heterocycles. The van der Waals surface area contributed by atoms with Crippen LogP contribution in [0.1, 0.15) is 20.8 Å². The van der Waals surface area contributed by atoms with E-state index < -0.39 is 21.2 Å². The smallest absolute Gasteiger partial charge is 0.323 e. The summed E-state index contributed by atoms with van der Waals surface area (Å²) >= 11 is 0. The van der Waals surface area contributed by atoms with Crippen LogP contribution in [0, 0.1) is 5.92 Å². The molecule has 0 saturated carbocycles. The van der Waals surface area contributed by atoms with Crippen molar-refractivity contribution < 1.29 is 23.1 Å². The summed E-state index contributed by atoms with van der Waals surface area (Å²) in [5.74, 6) is -1.21. The minimum atomic E-state index is -3.81. The fraction of sp³-hybridized carbons (Fsp3) is 0.900. The largest absolute Gasteiger partial charge is 0.480 e. The van der Waals surface area contributed by atoms with Gasteiger partial charge in [-0.2, -0.15) is 4.31 Å². The van der Waals surface area contributed by atoms with Crippen molar-refractivity contribution in [3.63, 3.8) is 0 Å². The molecule has 0 spiro atoms. The number of carbonyl (C=O) groups is 1. The molecular formula is C10H21NO5S. The van der Waals surface area contributed by atoms with E-state index in [2.05, 4.69) is 0 Å². The van der Waals surface area contributed by atoms with Crippen LogP contribution in [0.25, 0.3) is 0 Å².